The topological polar surface area (TPSA) is 43.1 Å². The van der Waals surface area contributed by atoms with Gasteiger partial charge in [-0.2, -0.15) is 0 Å². The van der Waals surface area contributed by atoms with E-state index in [0.717, 1.165) is 12.0 Å². The van der Waals surface area contributed by atoms with Crippen molar-refractivity contribution in [2.24, 2.45) is 5.73 Å². The number of nitrogens with two attached hydrogens (primary N) is 1. The highest BCUT2D eigenvalue weighted by molar-refractivity contribution is 5.94. The highest BCUT2D eigenvalue weighted by Gasteiger charge is 2.03. The molecule has 1 rings (SSSR count). The fraction of sp³-hybridized carbons (Fsp3) is 0.364. The van der Waals surface area contributed by atoms with Gasteiger partial charge in [0.1, 0.15) is 0 Å². The summed E-state index contributed by atoms with van der Waals surface area (Å²) in [7, 11) is 0. The molecule has 0 saturated heterocycles. The minimum atomic E-state index is -0.345. The van der Waals surface area contributed by atoms with Crippen molar-refractivity contribution < 1.29 is 4.79 Å². The molecule has 2 N–H and O–H groups in total. The summed E-state index contributed by atoms with van der Waals surface area (Å²) in [5.41, 5.74) is 6.80. The molecule has 1 aromatic rings. The molecule has 2 nitrogen and oxygen atoms in total. The maximum atomic E-state index is 10.8. The number of hydrogen-bond acceptors (Lipinski definition) is 1. The van der Waals surface area contributed by atoms with E-state index in [9.17, 15) is 4.79 Å². The molecule has 0 aliphatic carbocycles. The normalized spacial score (nSPS) is 8.54. The van der Waals surface area contributed by atoms with E-state index in [1.165, 1.54) is 0 Å². The molecule has 0 spiro atoms. The molecular formula is C11H17NO. The molecule has 0 radical (unpaired) electrons. The van der Waals surface area contributed by atoms with Crippen LogP contribution in [0.4, 0.5) is 0 Å². The zero-order chi connectivity index (χ0) is 10.3. The van der Waals surface area contributed by atoms with Crippen molar-refractivity contribution in [3.8, 4) is 0 Å². The predicted molar refractivity (Wildman–Crippen MR) is 55.7 cm³/mol. The minimum Gasteiger partial charge on any atom is -0.366 e. The Balaban J connectivity index is 0.000000671. The van der Waals surface area contributed by atoms with Gasteiger partial charge in [-0.3, -0.25) is 4.79 Å². The first kappa shape index (κ1) is 11.7. The van der Waals surface area contributed by atoms with Gasteiger partial charge in [-0.05, 0) is 18.1 Å². The summed E-state index contributed by atoms with van der Waals surface area (Å²) < 4.78 is 0. The molecule has 0 saturated carbocycles. The van der Waals surface area contributed by atoms with Crippen LogP contribution in [0.5, 0.6) is 0 Å². The van der Waals surface area contributed by atoms with Crippen molar-refractivity contribution in [2.45, 2.75) is 27.2 Å². The number of carbonyl (C=O) groups excluding carboxylic acids is 1. The van der Waals surface area contributed by atoms with Gasteiger partial charge in [0.15, 0.2) is 0 Å². The largest absolute Gasteiger partial charge is 0.366 e. The molecule has 2 heteroatoms. The Morgan fingerprint density at radius 2 is 1.85 bits per heavy atom. The lowest BCUT2D eigenvalue weighted by atomic mass is 10.1. The Kier molecular flexibility index (Phi) is 5.60. The summed E-state index contributed by atoms with van der Waals surface area (Å²) in [4.78, 5) is 10.8. The van der Waals surface area contributed by atoms with Gasteiger partial charge in [-0.1, -0.05) is 39.0 Å². The monoisotopic (exact) mass is 179 g/mol. The van der Waals surface area contributed by atoms with Gasteiger partial charge in [0.2, 0.25) is 5.91 Å². The molecule has 13 heavy (non-hydrogen) atoms. The summed E-state index contributed by atoms with van der Waals surface area (Å²) >= 11 is 0. The second-order valence-electron chi connectivity index (χ2n) is 2.37. The van der Waals surface area contributed by atoms with Crippen LogP contribution < -0.4 is 5.73 Å². The minimum absolute atomic E-state index is 0.345. The fourth-order valence-corrected chi connectivity index (χ4v) is 1.07. The number of benzene rings is 1. The van der Waals surface area contributed by atoms with Gasteiger partial charge in [0, 0.05) is 5.56 Å². The molecule has 0 unspecified atom stereocenters. The number of hydrogen-bond donors (Lipinski definition) is 1. The van der Waals surface area contributed by atoms with Gasteiger partial charge < -0.3 is 5.73 Å². The van der Waals surface area contributed by atoms with Crippen molar-refractivity contribution in [1.29, 1.82) is 0 Å². The van der Waals surface area contributed by atoms with Crippen LogP contribution in [0.3, 0.4) is 0 Å². The van der Waals surface area contributed by atoms with Crippen LogP contribution in [0, 0.1) is 0 Å². The lowest BCUT2D eigenvalue weighted by Gasteiger charge is -2.01. The van der Waals surface area contributed by atoms with Gasteiger partial charge in [-0.15, -0.1) is 0 Å². The summed E-state index contributed by atoms with van der Waals surface area (Å²) in [5.74, 6) is -0.345. The number of primary amides is 1. The Bertz CT molecular complexity index is 269. The third kappa shape index (κ3) is 3.28. The maximum Gasteiger partial charge on any atom is 0.248 e. The SMILES string of the molecule is CC.CCc1ccccc1C(N)=O. The summed E-state index contributed by atoms with van der Waals surface area (Å²) in [6.07, 6.45) is 0.846. The molecule has 1 amide bonds. The molecule has 0 aliphatic heterocycles. The van der Waals surface area contributed by atoms with Crippen LogP contribution in [-0.2, 0) is 6.42 Å². The van der Waals surface area contributed by atoms with Gasteiger partial charge in [0.25, 0.3) is 0 Å². The van der Waals surface area contributed by atoms with Crippen molar-refractivity contribution in [3.63, 3.8) is 0 Å². The summed E-state index contributed by atoms with van der Waals surface area (Å²) in [6, 6.07) is 7.39. The number of rotatable bonds is 2. The van der Waals surface area contributed by atoms with Crippen LogP contribution in [0.25, 0.3) is 0 Å². The quantitative estimate of drug-likeness (QED) is 0.744. The van der Waals surface area contributed by atoms with Crippen LogP contribution >= 0.6 is 0 Å². The van der Waals surface area contributed by atoms with Gasteiger partial charge >= 0.3 is 0 Å². The van der Waals surface area contributed by atoms with Crippen molar-refractivity contribution >= 4 is 5.91 Å². The predicted octanol–water partition coefficient (Wildman–Crippen LogP) is 2.37. The van der Waals surface area contributed by atoms with Crippen molar-refractivity contribution in [3.05, 3.63) is 35.4 Å². The van der Waals surface area contributed by atoms with E-state index in [1.807, 2.05) is 39.0 Å². The average molecular weight is 179 g/mol. The Labute approximate surface area is 79.8 Å². The van der Waals surface area contributed by atoms with E-state index < -0.39 is 0 Å². The van der Waals surface area contributed by atoms with Crippen molar-refractivity contribution in [1.82, 2.24) is 0 Å². The zero-order valence-electron chi connectivity index (χ0n) is 8.50. The first-order valence-corrected chi connectivity index (χ1v) is 4.63. The van der Waals surface area contributed by atoms with Crippen LogP contribution in [0.1, 0.15) is 36.7 Å². The van der Waals surface area contributed by atoms with E-state index >= 15 is 0 Å². The molecular weight excluding hydrogens is 162 g/mol. The standard InChI is InChI=1S/C9H11NO.C2H6/c1-2-7-5-3-4-6-8(7)9(10)11;1-2/h3-6H,2H2,1H3,(H2,10,11);1-2H3. The van der Waals surface area contributed by atoms with E-state index in [-0.39, 0.29) is 5.91 Å². The molecule has 0 bridgehead atoms. The summed E-state index contributed by atoms with van der Waals surface area (Å²) in [6.45, 7) is 6.00. The van der Waals surface area contributed by atoms with E-state index in [2.05, 4.69) is 0 Å². The lowest BCUT2D eigenvalue weighted by Crippen LogP contribution is -2.13. The maximum absolute atomic E-state index is 10.8. The van der Waals surface area contributed by atoms with Crippen molar-refractivity contribution in [2.75, 3.05) is 0 Å². The van der Waals surface area contributed by atoms with E-state index in [1.54, 1.807) is 6.07 Å². The van der Waals surface area contributed by atoms with Gasteiger partial charge in [0.05, 0.1) is 0 Å². The van der Waals surface area contributed by atoms with Crippen LogP contribution in [-0.4, -0.2) is 5.91 Å². The molecule has 0 fully saturated rings. The van der Waals surface area contributed by atoms with E-state index in [0.29, 0.717) is 5.56 Å². The lowest BCUT2D eigenvalue weighted by molar-refractivity contribution is 0.0999. The zero-order valence-corrected chi connectivity index (χ0v) is 8.50. The van der Waals surface area contributed by atoms with Crippen LogP contribution in [0.15, 0.2) is 24.3 Å². The number of amides is 1. The molecule has 0 aromatic heterocycles. The molecule has 0 atom stereocenters. The number of aryl methyl sites for hydroxylation is 1. The first-order valence-electron chi connectivity index (χ1n) is 4.63. The molecule has 0 heterocycles. The smallest absolute Gasteiger partial charge is 0.248 e. The molecule has 1 aromatic carbocycles. The third-order valence-electron chi connectivity index (χ3n) is 1.66. The molecule has 0 aliphatic rings. The first-order chi connectivity index (χ1) is 6.25. The second kappa shape index (κ2) is 6.23. The average Bonchev–Trinajstić information content (AvgIpc) is 2.20. The Morgan fingerprint density at radius 3 is 2.23 bits per heavy atom. The van der Waals surface area contributed by atoms with Gasteiger partial charge in [-0.25, -0.2) is 0 Å². The van der Waals surface area contributed by atoms with Crippen LogP contribution in [0.2, 0.25) is 0 Å². The highest BCUT2D eigenvalue weighted by Crippen LogP contribution is 2.07. The second-order valence-corrected chi connectivity index (χ2v) is 2.37. The highest BCUT2D eigenvalue weighted by atomic mass is 16.1. The summed E-state index contributed by atoms with van der Waals surface area (Å²) in [5, 5.41) is 0. The molecule has 72 valence electrons. The fourth-order valence-electron chi connectivity index (χ4n) is 1.07. The number of carbonyl (C=O) groups is 1. The Hall–Kier alpha value is -1.31. The third-order valence-corrected chi connectivity index (χ3v) is 1.66. The van der Waals surface area contributed by atoms with E-state index in [4.69, 9.17) is 5.73 Å². The Morgan fingerprint density at radius 1 is 1.31 bits per heavy atom.